The van der Waals surface area contributed by atoms with E-state index in [1.54, 1.807) is 25.1 Å². The minimum atomic E-state index is -0.395. The normalized spacial score (nSPS) is 12.0. The van der Waals surface area contributed by atoms with Gasteiger partial charge in [-0.05, 0) is 36.6 Å². The van der Waals surface area contributed by atoms with Crippen molar-refractivity contribution in [3.05, 3.63) is 47.0 Å². The van der Waals surface area contributed by atoms with Crippen molar-refractivity contribution in [2.45, 2.75) is 33.1 Å². The lowest BCUT2D eigenvalue weighted by molar-refractivity contribution is 0.293. The summed E-state index contributed by atoms with van der Waals surface area (Å²) >= 11 is 0. The molecule has 0 N–H and O–H groups in total. The third-order valence-corrected chi connectivity index (χ3v) is 4.11. The minimum absolute atomic E-state index is 0.221. The first kappa shape index (κ1) is 15.8. The van der Waals surface area contributed by atoms with Gasteiger partial charge in [-0.2, -0.15) is 0 Å². The summed E-state index contributed by atoms with van der Waals surface area (Å²) in [5.41, 5.74) is 2.47. The summed E-state index contributed by atoms with van der Waals surface area (Å²) < 4.78 is 40.0. The Labute approximate surface area is 135 Å². The molecule has 2 aromatic carbocycles. The molecular weight excluding hydrogens is 298 g/mol. The van der Waals surface area contributed by atoms with Crippen LogP contribution in [0, 0.1) is 11.6 Å². The van der Waals surface area contributed by atoms with Gasteiger partial charge in [-0.1, -0.05) is 25.5 Å². The molecule has 0 bridgehead atoms. The number of hydrogen-bond acceptors (Lipinski definition) is 2. The Hall–Kier alpha value is -2.10. The van der Waals surface area contributed by atoms with Gasteiger partial charge in [-0.25, -0.2) is 8.78 Å². The standard InChI is InChI=1S/C19H20F2O2/c1-3-5-10-23-17-9-7-13-12-6-8-16(22-4-2)18(20)14(12)11-15(13)19(17)21/h6-9H,3-5,10-11H2,1-2H3. The van der Waals surface area contributed by atoms with Gasteiger partial charge in [-0.3, -0.25) is 0 Å². The second-order valence-corrected chi connectivity index (χ2v) is 5.62. The van der Waals surface area contributed by atoms with E-state index in [4.69, 9.17) is 9.47 Å². The lowest BCUT2D eigenvalue weighted by Gasteiger charge is -2.10. The summed E-state index contributed by atoms with van der Waals surface area (Å²) in [6, 6.07) is 6.85. The van der Waals surface area contributed by atoms with E-state index in [-0.39, 0.29) is 23.7 Å². The number of fused-ring (bicyclic) bond motifs is 3. The van der Waals surface area contributed by atoms with Crippen molar-refractivity contribution in [3.8, 4) is 22.6 Å². The van der Waals surface area contributed by atoms with Crippen LogP contribution in [0.4, 0.5) is 8.78 Å². The molecule has 4 heteroatoms. The molecular formula is C19H20F2O2. The number of unbranched alkanes of at least 4 members (excludes halogenated alkanes) is 1. The van der Waals surface area contributed by atoms with Crippen LogP contribution in [0.15, 0.2) is 24.3 Å². The van der Waals surface area contributed by atoms with Crippen LogP contribution < -0.4 is 9.47 Å². The molecule has 0 saturated carbocycles. The third-order valence-electron chi connectivity index (χ3n) is 4.11. The minimum Gasteiger partial charge on any atom is -0.491 e. The molecule has 2 aromatic rings. The first-order valence-corrected chi connectivity index (χ1v) is 8.06. The van der Waals surface area contributed by atoms with E-state index in [9.17, 15) is 8.78 Å². The van der Waals surface area contributed by atoms with Crippen molar-refractivity contribution in [2.24, 2.45) is 0 Å². The highest BCUT2D eigenvalue weighted by molar-refractivity contribution is 5.78. The summed E-state index contributed by atoms with van der Waals surface area (Å²) in [5, 5.41) is 0. The average molecular weight is 318 g/mol. The van der Waals surface area contributed by atoms with E-state index in [0.29, 0.717) is 24.3 Å². The number of halogens is 2. The van der Waals surface area contributed by atoms with E-state index in [0.717, 1.165) is 24.0 Å². The molecule has 0 amide bonds. The zero-order valence-corrected chi connectivity index (χ0v) is 13.4. The van der Waals surface area contributed by atoms with Crippen molar-refractivity contribution >= 4 is 0 Å². The van der Waals surface area contributed by atoms with Gasteiger partial charge >= 0.3 is 0 Å². The van der Waals surface area contributed by atoms with Crippen LogP contribution in [0.25, 0.3) is 11.1 Å². The predicted octanol–water partition coefficient (Wildman–Crippen LogP) is 5.11. The van der Waals surface area contributed by atoms with Gasteiger partial charge in [0.2, 0.25) is 0 Å². The van der Waals surface area contributed by atoms with Gasteiger partial charge in [-0.15, -0.1) is 0 Å². The van der Waals surface area contributed by atoms with Crippen LogP contribution in [0.3, 0.4) is 0 Å². The number of ether oxygens (including phenoxy) is 2. The lowest BCUT2D eigenvalue weighted by Crippen LogP contribution is -2.01. The molecule has 0 spiro atoms. The van der Waals surface area contributed by atoms with Gasteiger partial charge in [0.25, 0.3) is 0 Å². The average Bonchev–Trinajstić information content (AvgIpc) is 2.93. The molecule has 0 atom stereocenters. The molecule has 0 fully saturated rings. The highest BCUT2D eigenvalue weighted by Gasteiger charge is 2.28. The fourth-order valence-electron chi connectivity index (χ4n) is 2.93. The van der Waals surface area contributed by atoms with Crippen LogP contribution in [0.5, 0.6) is 11.5 Å². The molecule has 0 heterocycles. The molecule has 0 unspecified atom stereocenters. The molecule has 1 aliphatic carbocycles. The zero-order valence-electron chi connectivity index (χ0n) is 13.4. The number of rotatable bonds is 6. The second-order valence-electron chi connectivity index (χ2n) is 5.62. The maximum absolute atomic E-state index is 14.7. The number of hydrogen-bond donors (Lipinski definition) is 0. The van der Waals surface area contributed by atoms with Gasteiger partial charge < -0.3 is 9.47 Å². The monoisotopic (exact) mass is 318 g/mol. The third kappa shape index (κ3) is 2.78. The smallest absolute Gasteiger partial charge is 0.169 e. The summed E-state index contributed by atoms with van der Waals surface area (Å²) in [6.07, 6.45) is 2.10. The Morgan fingerprint density at radius 2 is 1.43 bits per heavy atom. The van der Waals surface area contributed by atoms with Crippen molar-refractivity contribution < 1.29 is 18.3 Å². The Morgan fingerprint density at radius 3 is 1.96 bits per heavy atom. The quantitative estimate of drug-likeness (QED) is 0.588. The molecule has 0 radical (unpaired) electrons. The first-order valence-electron chi connectivity index (χ1n) is 8.06. The molecule has 122 valence electrons. The molecule has 3 rings (SSSR count). The Morgan fingerprint density at radius 1 is 0.870 bits per heavy atom. The Kier molecular flexibility index (Phi) is 4.51. The second kappa shape index (κ2) is 6.57. The predicted molar refractivity (Wildman–Crippen MR) is 86.2 cm³/mol. The van der Waals surface area contributed by atoms with Crippen molar-refractivity contribution in [2.75, 3.05) is 13.2 Å². The van der Waals surface area contributed by atoms with E-state index >= 15 is 0 Å². The van der Waals surface area contributed by atoms with E-state index in [2.05, 4.69) is 6.92 Å². The van der Waals surface area contributed by atoms with Gasteiger partial charge in [0.15, 0.2) is 23.1 Å². The first-order chi connectivity index (χ1) is 11.2. The summed E-state index contributed by atoms with van der Waals surface area (Å²) in [6.45, 7) is 4.74. The van der Waals surface area contributed by atoms with E-state index < -0.39 is 5.82 Å². The topological polar surface area (TPSA) is 18.5 Å². The maximum atomic E-state index is 14.7. The number of benzene rings is 2. The van der Waals surface area contributed by atoms with Gasteiger partial charge in [0, 0.05) is 17.5 Å². The largest absolute Gasteiger partial charge is 0.491 e. The summed E-state index contributed by atoms with van der Waals surface area (Å²) in [7, 11) is 0. The molecule has 23 heavy (non-hydrogen) atoms. The van der Waals surface area contributed by atoms with Crippen molar-refractivity contribution in [1.82, 2.24) is 0 Å². The highest BCUT2D eigenvalue weighted by atomic mass is 19.1. The van der Waals surface area contributed by atoms with Crippen molar-refractivity contribution in [3.63, 3.8) is 0 Å². The van der Waals surface area contributed by atoms with Gasteiger partial charge in [0.1, 0.15) is 0 Å². The molecule has 1 aliphatic rings. The maximum Gasteiger partial charge on any atom is 0.169 e. The highest BCUT2D eigenvalue weighted by Crippen LogP contribution is 2.43. The summed E-state index contributed by atoms with van der Waals surface area (Å²) in [5.74, 6) is -0.310. The molecule has 0 aliphatic heterocycles. The molecule has 0 saturated heterocycles. The lowest BCUT2D eigenvalue weighted by atomic mass is 10.0. The zero-order chi connectivity index (χ0) is 16.4. The van der Waals surface area contributed by atoms with Crippen LogP contribution in [0.2, 0.25) is 0 Å². The molecule has 0 aromatic heterocycles. The van der Waals surface area contributed by atoms with Gasteiger partial charge in [0.05, 0.1) is 13.2 Å². The Balaban J connectivity index is 1.95. The van der Waals surface area contributed by atoms with Crippen molar-refractivity contribution in [1.29, 1.82) is 0 Å². The van der Waals surface area contributed by atoms with E-state index in [1.807, 2.05) is 6.07 Å². The SMILES string of the molecule is CCCCOc1ccc2c(c1F)Cc1c-2ccc(OCC)c1F. The van der Waals surface area contributed by atoms with Crippen LogP contribution >= 0.6 is 0 Å². The van der Waals surface area contributed by atoms with E-state index in [1.165, 1.54) is 0 Å². The Bertz CT molecular complexity index is 726. The fourth-order valence-corrected chi connectivity index (χ4v) is 2.93. The fraction of sp³-hybridized carbons (Fsp3) is 0.368. The van der Waals surface area contributed by atoms with Crippen LogP contribution in [-0.4, -0.2) is 13.2 Å². The van der Waals surface area contributed by atoms with Crippen LogP contribution in [-0.2, 0) is 6.42 Å². The summed E-state index contributed by atoms with van der Waals surface area (Å²) in [4.78, 5) is 0. The molecule has 2 nitrogen and oxygen atoms in total. The van der Waals surface area contributed by atoms with Crippen LogP contribution in [0.1, 0.15) is 37.8 Å².